The summed E-state index contributed by atoms with van der Waals surface area (Å²) >= 11 is 5.93. The van der Waals surface area contributed by atoms with Gasteiger partial charge in [-0.25, -0.2) is 0 Å². The molecule has 2 aliphatic carbocycles. The molecular formula is C19H19ClN2O3. The van der Waals surface area contributed by atoms with E-state index in [0.29, 0.717) is 18.0 Å². The Morgan fingerprint density at radius 1 is 1.16 bits per heavy atom. The summed E-state index contributed by atoms with van der Waals surface area (Å²) in [6.45, 7) is 0.259. The number of carbonyl (C=O) groups excluding carboxylic acids is 3. The summed E-state index contributed by atoms with van der Waals surface area (Å²) in [7, 11) is 0. The Morgan fingerprint density at radius 3 is 2.48 bits per heavy atom. The number of hydrogen-bond acceptors (Lipinski definition) is 3. The third kappa shape index (κ3) is 2.86. The number of fused-ring (bicyclic) bond motifs is 5. The van der Waals surface area contributed by atoms with Gasteiger partial charge in [0.1, 0.15) is 6.54 Å². The maximum Gasteiger partial charge on any atom is 0.240 e. The first-order valence-electron chi connectivity index (χ1n) is 8.59. The highest BCUT2D eigenvalue weighted by atomic mass is 35.5. The maximum absolute atomic E-state index is 12.5. The monoisotopic (exact) mass is 358 g/mol. The van der Waals surface area contributed by atoms with Gasteiger partial charge in [-0.3, -0.25) is 19.3 Å². The van der Waals surface area contributed by atoms with E-state index in [1.54, 1.807) is 6.07 Å². The van der Waals surface area contributed by atoms with Crippen molar-refractivity contribution >= 4 is 29.3 Å². The van der Waals surface area contributed by atoms with E-state index in [-0.39, 0.29) is 47.9 Å². The van der Waals surface area contributed by atoms with Gasteiger partial charge in [0, 0.05) is 11.6 Å². The average Bonchev–Trinajstić information content (AvgIpc) is 3.25. The molecule has 0 radical (unpaired) electrons. The number of benzene rings is 1. The fourth-order valence-electron chi connectivity index (χ4n) is 4.36. The van der Waals surface area contributed by atoms with Crippen LogP contribution in [0.5, 0.6) is 0 Å². The molecule has 1 heterocycles. The molecule has 25 heavy (non-hydrogen) atoms. The predicted octanol–water partition coefficient (Wildman–Crippen LogP) is 1.81. The van der Waals surface area contributed by atoms with Gasteiger partial charge < -0.3 is 5.32 Å². The standard InChI is InChI=1S/C19H19ClN2O3/c20-14-3-1-2-11(8-14)6-7-21-15(23)10-22-18(24)16-12-4-5-13(9-12)17(16)19(22)25/h1-5,8,12-13,16-17H,6-7,9-10H2,(H,21,23). The molecule has 1 N–H and O–H groups in total. The molecule has 0 spiro atoms. The third-order valence-electron chi connectivity index (χ3n) is 5.49. The summed E-state index contributed by atoms with van der Waals surface area (Å²) < 4.78 is 0. The average molecular weight is 359 g/mol. The molecule has 1 saturated heterocycles. The van der Waals surface area contributed by atoms with Gasteiger partial charge in [0.2, 0.25) is 17.7 Å². The summed E-state index contributed by atoms with van der Waals surface area (Å²) in [4.78, 5) is 38.4. The van der Waals surface area contributed by atoms with E-state index in [1.165, 1.54) is 0 Å². The lowest BCUT2D eigenvalue weighted by Crippen LogP contribution is -2.42. The van der Waals surface area contributed by atoms with Crippen molar-refractivity contribution in [1.82, 2.24) is 10.2 Å². The predicted molar refractivity (Wildman–Crippen MR) is 92.6 cm³/mol. The minimum absolute atomic E-state index is 0.169. The van der Waals surface area contributed by atoms with Crippen LogP contribution in [0.25, 0.3) is 0 Å². The number of rotatable bonds is 5. The summed E-state index contributed by atoms with van der Waals surface area (Å²) in [5.41, 5.74) is 1.03. The third-order valence-corrected chi connectivity index (χ3v) is 5.72. The van der Waals surface area contributed by atoms with Gasteiger partial charge in [0.15, 0.2) is 0 Å². The van der Waals surface area contributed by atoms with Crippen molar-refractivity contribution < 1.29 is 14.4 Å². The van der Waals surface area contributed by atoms with Gasteiger partial charge in [-0.15, -0.1) is 0 Å². The van der Waals surface area contributed by atoms with Crippen LogP contribution in [0, 0.1) is 23.7 Å². The fraction of sp³-hybridized carbons (Fsp3) is 0.421. The molecule has 1 saturated carbocycles. The Morgan fingerprint density at radius 2 is 1.84 bits per heavy atom. The normalized spacial score (nSPS) is 29.4. The number of allylic oxidation sites excluding steroid dienone is 2. The molecule has 3 amide bonds. The number of halogens is 1. The van der Waals surface area contributed by atoms with E-state index >= 15 is 0 Å². The van der Waals surface area contributed by atoms with Crippen LogP contribution < -0.4 is 5.32 Å². The zero-order valence-electron chi connectivity index (χ0n) is 13.7. The lowest BCUT2D eigenvalue weighted by molar-refractivity contribution is -0.144. The van der Waals surface area contributed by atoms with Crippen LogP contribution in [0.4, 0.5) is 0 Å². The van der Waals surface area contributed by atoms with Crippen molar-refractivity contribution in [3.8, 4) is 0 Å². The van der Waals surface area contributed by atoms with Crippen molar-refractivity contribution in [2.24, 2.45) is 23.7 Å². The number of amides is 3. The molecule has 4 unspecified atom stereocenters. The first-order chi connectivity index (χ1) is 12.0. The zero-order valence-corrected chi connectivity index (χ0v) is 14.4. The second-order valence-corrected chi connectivity index (χ2v) is 7.43. The van der Waals surface area contributed by atoms with E-state index in [4.69, 9.17) is 11.6 Å². The van der Waals surface area contributed by atoms with Gasteiger partial charge in [0.25, 0.3) is 0 Å². The second-order valence-electron chi connectivity index (χ2n) is 6.99. The van der Waals surface area contributed by atoms with Crippen molar-refractivity contribution in [3.63, 3.8) is 0 Å². The van der Waals surface area contributed by atoms with Gasteiger partial charge in [-0.05, 0) is 42.4 Å². The summed E-state index contributed by atoms with van der Waals surface area (Å²) in [5, 5.41) is 3.44. The summed E-state index contributed by atoms with van der Waals surface area (Å²) in [6, 6.07) is 7.45. The number of carbonyl (C=O) groups is 3. The largest absolute Gasteiger partial charge is 0.354 e. The molecule has 2 fully saturated rings. The van der Waals surface area contributed by atoms with Gasteiger partial charge in [-0.2, -0.15) is 0 Å². The molecule has 1 aromatic rings. The molecule has 4 atom stereocenters. The van der Waals surface area contributed by atoms with Crippen LogP contribution in [0.15, 0.2) is 36.4 Å². The molecule has 4 rings (SSSR count). The van der Waals surface area contributed by atoms with E-state index in [9.17, 15) is 14.4 Å². The molecule has 130 valence electrons. The number of nitrogens with one attached hydrogen (secondary N) is 1. The highest BCUT2D eigenvalue weighted by Gasteiger charge is 2.59. The molecule has 6 heteroatoms. The molecular weight excluding hydrogens is 340 g/mol. The smallest absolute Gasteiger partial charge is 0.240 e. The van der Waals surface area contributed by atoms with Crippen molar-refractivity contribution in [1.29, 1.82) is 0 Å². The van der Waals surface area contributed by atoms with E-state index in [2.05, 4.69) is 5.32 Å². The number of likely N-dealkylation sites (tertiary alicyclic amines) is 1. The highest BCUT2D eigenvalue weighted by molar-refractivity contribution is 6.30. The van der Waals surface area contributed by atoms with E-state index in [1.807, 2.05) is 30.4 Å². The minimum Gasteiger partial charge on any atom is -0.354 e. The van der Waals surface area contributed by atoms with Crippen molar-refractivity contribution in [2.75, 3.05) is 13.1 Å². The van der Waals surface area contributed by atoms with Crippen LogP contribution in [-0.4, -0.2) is 35.7 Å². The van der Waals surface area contributed by atoms with Crippen LogP contribution in [0.3, 0.4) is 0 Å². The topological polar surface area (TPSA) is 66.5 Å². The van der Waals surface area contributed by atoms with E-state index < -0.39 is 0 Å². The van der Waals surface area contributed by atoms with E-state index in [0.717, 1.165) is 16.9 Å². The fourth-order valence-corrected chi connectivity index (χ4v) is 4.57. The van der Waals surface area contributed by atoms with Gasteiger partial charge in [-0.1, -0.05) is 35.9 Å². The lowest BCUT2D eigenvalue weighted by Gasteiger charge is -2.16. The molecule has 0 aromatic heterocycles. The lowest BCUT2D eigenvalue weighted by atomic mass is 9.85. The van der Waals surface area contributed by atoms with Crippen molar-refractivity contribution in [2.45, 2.75) is 12.8 Å². The molecule has 1 aromatic carbocycles. The number of imide groups is 1. The Labute approximate surface area is 151 Å². The van der Waals surface area contributed by atoms with Crippen molar-refractivity contribution in [3.05, 3.63) is 47.0 Å². The molecule has 5 nitrogen and oxygen atoms in total. The van der Waals surface area contributed by atoms with Crippen LogP contribution in [0.1, 0.15) is 12.0 Å². The summed E-state index contributed by atoms with van der Waals surface area (Å²) in [6.07, 6.45) is 5.64. The maximum atomic E-state index is 12.5. The van der Waals surface area contributed by atoms with Crippen LogP contribution >= 0.6 is 11.6 Å². The Balaban J connectivity index is 1.31. The zero-order chi connectivity index (χ0) is 17.6. The Kier molecular flexibility index (Phi) is 4.12. The minimum atomic E-state index is -0.302. The summed E-state index contributed by atoms with van der Waals surface area (Å²) in [5.74, 6) is -0.828. The molecule has 1 aliphatic heterocycles. The molecule has 2 bridgehead atoms. The quantitative estimate of drug-likeness (QED) is 0.644. The van der Waals surface area contributed by atoms with Crippen LogP contribution in [-0.2, 0) is 20.8 Å². The SMILES string of the molecule is O=C(CN1C(=O)C2C3C=CC(C3)C2C1=O)NCCc1cccc(Cl)c1. The molecule has 3 aliphatic rings. The van der Waals surface area contributed by atoms with Crippen LogP contribution in [0.2, 0.25) is 5.02 Å². The Bertz CT molecular complexity index is 746. The highest BCUT2D eigenvalue weighted by Crippen LogP contribution is 2.52. The number of hydrogen-bond donors (Lipinski definition) is 1. The second kappa shape index (κ2) is 6.30. The van der Waals surface area contributed by atoms with Gasteiger partial charge >= 0.3 is 0 Å². The van der Waals surface area contributed by atoms with Gasteiger partial charge in [0.05, 0.1) is 11.8 Å². The first kappa shape index (κ1) is 16.3. The Hall–Kier alpha value is -2.14. The number of nitrogens with zero attached hydrogens (tertiary/aromatic N) is 1. The first-order valence-corrected chi connectivity index (χ1v) is 8.97.